The third-order valence-corrected chi connectivity index (χ3v) is 4.93. The summed E-state index contributed by atoms with van der Waals surface area (Å²) in [5.74, 6) is -0.0220. The molecule has 17 heavy (non-hydrogen) atoms. The Labute approximate surface area is 106 Å². The fourth-order valence-corrected chi connectivity index (χ4v) is 3.78. The molecule has 1 unspecified atom stereocenters. The van der Waals surface area contributed by atoms with E-state index in [2.05, 4.69) is 32.7 Å². The zero-order chi connectivity index (χ0) is 13.1. The Morgan fingerprint density at radius 2 is 1.76 bits per heavy atom. The lowest BCUT2D eigenvalue weighted by atomic mass is 9.65. The lowest BCUT2D eigenvalue weighted by Crippen LogP contribution is -2.58. The second-order valence-electron chi connectivity index (χ2n) is 5.09. The van der Waals surface area contributed by atoms with Crippen molar-refractivity contribution in [3.63, 3.8) is 0 Å². The summed E-state index contributed by atoms with van der Waals surface area (Å²) in [6.07, 6.45) is 4.02. The molecule has 0 aliphatic carbocycles. The molecule has 1 heterocycles. The smallest absolute Gasteiger partial charge is 0.327 e. The molecule has 1 rings (SSSR count). The Bertz CT molecular complexity index is 273. The van der Waals surface area contributed by atoms with Crippen molar-refractivity contribution >= 4 is 5.97 Å². The fourth-order valence-electron chi connectivity index (χ4n) is 3.78. The van der Waals surface area contributed by atoms with Crippen LogP contribution in [0.25, 0.3) is 0 Å². The molecule has 3 heteroatoms. The minimum atomic E-state index is -0.410. The van der Waals surface area contributed by atoms with E-state index >= 15 is 0 Å². The van der Waals surface area contributed by atoms with Gasteiger partial charge in [0.05, 0.1) is 6.61 Å². The van der Waals surface area contributed by atoms with Gasteiger partial charge in [-0.2, -0.15) is 0 Å². The average Bonchev–Trinajstić information content (AvgIpc) is 2.63. The van der Waals surface area contributed by atoms with Gasteiger partial charge < -0.3 is 4.74 Å². The van der Waals surface area contributed by atoms with Crippen LogP contribution in [0.5, 0.6) is 0 Å². The first-order valence-corrected chi connectivity index (χ1v) is 6.93. The van der Waals surface area contributed by atoms with E-state index in [4.69, 9.17) is 4.74 Å². The topological polar surface area (TPSA) is 29.5 Å². The van der Waals surface area contributed by atoms with E-state index < -0.39 is 5.54 Å². The van der Waals surface area contributed by atoms with Crippen molar-refractivity contribution < 1.29 is 9.53 Å². The molecule has 0 spiro atoms. The Kier molecular flexibility index (Phi) is 4.59. The van der Waals surface area contributed by atoms with E-state index in [1.165, 1.54) is 0 Å². The lowest BCUT2D eigenvalue weighted by Gasteiger charge is -2.45. The monoisotopic (exact) mass is 241 g/mol. The number of ether oxygens (including phenoxy) is 1. The molecule has 0 bridgehead atoms. The molecule has 0 N–H and O–H groups in total. The quantitative estimate of drug-likeness (QED) is 0.693. The number of esters is 1. The van der Waals surface area contributed by atoms with Gasteiger partial charge in [-0.1, -0.05) is 20.8 Å². The molecule has 1 fully saturated rings. The van der Waals surface area contributed by atoms with Gasteiger partial charge >= 0.3 is 5.97 Å². The summed E-state index contributed by atoms with van der Waals surface area (Å²) >= 11 is 0. The highest BCUT2D eigenvalue weighted by molar-refractivity contribution is 5.82. The van der Waals surface area contributed by atoms with Gasteiger partial charge in [0, 0.05) is 5.41 Å². The van der Waals surface area contributed by atoms with Crippen LogP contribution in [0.15, 0.2) is 0 Å². The molecule has 1 aliphatic heterocycles. The lowest BCUT2D eigenvalue weighted by molar-refractivity contribution is -0.163. The SMILES string of the molecule is CCOC(=O)C1(CC)N(C)CCC1(CC)CC. The molecular formula is C14H27NO2. The van der Waals surface area contributed by atoms with Crippen LogP contribution in [0.4, 0.5) is 0 Å². The number of rotatable bonds is 5. The van der Waals surface area contributed by atoms with Crippen molar-refractivity contribution in [2.24, 2.45) is 5.41 Å². The van der Waals surface area contributed by atoms with Gasteiger partial charge in [-0.05, 0) is 46.2 Å². The van der Waals surface area contributed by atoms with Crippen LogP contribution in [0.3, 0.4) is 0 Å². The second kappa shape index (κ2) is 5.38. The minimum Gasteiger partial charge on any atom is -0.465 e. The van der Waals surface area contributed by atoms with E-state index in [0.29, 0.717) is 6.61 Å². The van der Waals surface area contributed by atoms with Crippen LogP contribution in [-0.2, 0) is 9.53 Å². The molecule has 1 atom stereocenters. The average molecular weight is 241 g/mol. The molecule has 1 aliphatic rings. The number of nitrogens with zero attached hydrogens (tertiary/aromatic N) is 1. The predicted molar refractivity (Wildman–Crippen MR) is 69.9 cm³/mol. The van der Waals surface area contributed by atoms with Gasteiger partial charge in [0.25, 0.3) is 0 Å². The number of likely N-dealkylation sites (tertiary alicyclic amines) is 1. The largest absolute Gasteiger partial charge is 0.465 e. The summed E-state index contributed by atoms with van der Waals surface area (Å²) < 4.78 is 5.37. The van der Waals surface area contributed by atoms with Crippen LogP contribution in [-0.4, -0.2) is 36.6 Å². The molecule has 0 aromatic rings. The van der Waals surface area contributed by atoms with Crippen molar-refractivity contribution in [3.05, 3.63) is 0 Å². The number of carbonyl (C=O) groups excluding carboxylic acids is 1. The summed E-state index contributed by atoms with van der Waals surface area (Å²) in [5.41, 5.74) is -0.324. The van der Waals surface area contributed by atoms with Crippen molar-refractivity contribution in [2.75, 3.05) is 20.2 Å². The molecule has 0 amide bonds. The Morgan fingerprint density at radius 1 is 1.18 bits per heavy atom. The van der Waals surface area contributed by atoms with Crippen LogP contribution in [0.1, 0.15) is 53.4 Å². The van der Waals surface area contributed by atoms with Gasteiger partial charge in [0.2, 0.25) is 0 Å². The zero-order valence-electron chi connectivity index (χ0n) is 12.0. The maximum Gasteiger partial charge on any atom is 0.327 e. The molecule has 100 valence electrons. The van der Waals surface area contributed by atoms with Gasteiger partial charge in [0.15, 0.2) is 0 Å². The summed E-state index contributed by atoms with van der Waals surface area (Å²) in [6, 6.07) is 0. The number of likely N-dealkylation sites (N-methyl/N-ethyl adjacent to an activating group) is 1. The summed E-state index contributed by atoms with van der Waals surface area (Å²) in [4.78, 5) is 14.7. The standard InChI is InChI=1S/C14H27NO2/c1-6-13(7-2)10-11-15(5)14(13,8-3)12(16)17-9-4/h6-11H2,1-5H3. The summed E-state index contributed by atoms with van der Waals surface area (Å²) in [6.45, 7) is 9.86. The minimum absolute atomic E-state index is 0.0220. The Hall–Kier alpha value is -0.570. The molecule has 1 saturated heterocycles. The van der Waals surface area contributed by atoms with Crippen LogP contribution in [0, 0.1) is 5.41 Å². The van der Waals surface area contributed by atoms with Gasteiger partial charge in [0.1, 0.15) is 5.54 Å². The second-order valence-corrected chi connectivity index (χ2v) is 5.09. The third-order valence-electron chi connectivity index (χ3n) is 4.93. The van der Waals surface area contributed by atoms with Gasteiger partial charge in [-0.3, -0.25) is 9.69 Å². The van der Waals surface area contributed by atoms with E-state index in [-0.39, 0.29) is 11.4 Å². The van der Waals surface area contributed by atoms with Crippen LogP contribution in [0.2, 0.25) is 0 Å². The van der Waals surface area contributed by atoms with Gasteiger partial charge in [-0.25, -0.2) is 0 Å². The Morgan fingerprint density at radius 3 is 2.18 bits per heavy atom. The summed E-state index contributed by atoms with van der Waals surface area (Å²) in [5, 5.41) is 0. The Balaban J connectivity index is 3.19. The normalized spacial score (nSPS) is 28.3. The molecule has 0 radical (unpaired) electrons. The van der Waals surface area contributed by atoms with E-state index in [1.807, 2.05) is 6.92 Å². The molecular weight excluding hydrogens is 214 g/mol. The van der Waals surface area contributed by atoms with Gasteiger partial charge in [-0.15, -0.1) is 0 Å². The van der Waals surface area contributed by atoms with Crippen molar-refractivity contribution in [2.45, 2.75) is 58.9 Å². The van der Waals surface area contributed by atoms with E-state index in [1.54, 1.807) is 0 Å². The first-order chi connectivity index (χ1) is 8.04. The fraction of sp³-hybridized carbons (Fsp3) is 0.929. The highest BCUT2D eigenvalue weighted by atomic mass is 16.5. The van der Waals surface area contributed by atoms with E-state index in [0.717, 1.165) is 32.2 Å². The molecule has 3 nitrogen and oxygen atoms in total. The third kappa shape index (κ3) is 1.88. The molecule has 0 saturated carbocycles. The first kappa shape index (κ1) is 14.5. The highest BCUT2D eigenvalue weighted by Gasteiger charge is 2.60. The van der Waals surface area contributed by atoms with Crippen molar-refractivity contribution in [3.8, 4) is 0 Å². The highest BCUT2D eigenvalue weighted by Crippen LogP contribution is 2.52. The van der Waals surface area contributed by atoms with Crippen LogP contribution >= 0.6 is 0 Å². The molecule has 0 aromatic carbocycles. The number of hydrogen-bond donors (Lipinski definition) is 0. The van der Waals surface area contributed by atoms with Crippen LogP contribution < -0.4 is 0 Å². The number of carbonyl (C=O) groups is 1. The first-order valence-electron chi connectivity index (χ1n) is 6.93. The summed E-state index contributed by atoms with van der Waals surface area (Å²) in [7, 11) is 2.06. The van der Waals surface area contributed by atoms with E-state index in [9.17, 15) is 4.79 Å². The number of hydrogen-bond acceptors (Lipinski definition) is 3. The predicted octanol–water partition coefficient (Wildman–Crippen LogP) is 2.84. The molecule has 0 aromatic heterocycles. The maximum atomic E-state index is 12.5. The van der Waals surface area contributed by atoms with Crippen molar-refractivity contribution in [1.82, 2.24) is 4.90 Å². The van der Waals surface area contributed by atoms with Crippen molar-refractivity contribution in [1.29, 1.82) is 0 Å². The zero-order valence-corrected chi connectivity index (χ0v) is 12.0. The maximum absolute atomic E-state index is 12.5.